The van der Waals surface area contributed by atoms with Crippen molar-refractivity contribution in [2.24, 2.45) is 0 Å². The Morgan fingerprint density at radius 3 is 2.50 bits per heavy atom. The van der Waals surface area contributed by atoms with Crippen LogP contribution in [-0.4, -0.2) is 78.5 Å². The number of amides is 1. The summed E-state index contributed by atoms with van der Waals surface area (Å²) in [6.07, 6.45) is -5.19. The molecule has 0 aromatic heterocycles. The number of nitrogens with zero attached hydrogens (tertiary/aromatic N) is 2. The SMILES string of the molecule is COCC(=O)N1CC2(C1)[C@H](c1ccccc1)[C@H](CO)N2CCC(F)(F)F. The second kappa shape index (κ2) is 7.17. The third-order valence-corrected chi connectivity index (χ3v) is 5.47. The number of aliphatic hydroxyl groups excluding tert-OH is 1. The summed E-state index contributed by atoms with van der Waals surface area (Å²) < 4.78 is 43.1. The van der Waals surface area contributed by atoms with Gasteiger partial charge in [0.1, 0.15) is 6.61 Å². The summed E-state index contributed by atoms with van der Waals surface area (Å²) in [7, 11) is 1.43. The number of carbonyl (C=O) groups excluding carboxylic acids is 1. The lowest BCUT2D eigenvalue weighted by Gasteiger charge is -2.70. The largest absolute Gasteiger partial charge is 0.395 e. The van der Waals surface area contributed by atoms with Gasteiger partial charge in [-0.15, -0.1) is 0 Å². The van der Waals surface area contributed by atoms with Crippen molar-refractivity contribution in [2.45, 2.75) is 30.1 Å². The summed E-state index contributed by atoms with van der Waals surface area (Å²) >= 11 is 0. The van der Waals surface area contributed by atoms with Gasteiger partial charge in [-0.1, -0.05) is 30.3 Å². The molecular weight excluding hydrogens is 349 g/mol. The van der Waals surface area contributed by atoms with Crippen LogP contribution >= 0.6 is 0 Å². The quantitative estimate of drug-likeness (QED) is 0.825. The van der Waals surface area contributed by atoms with Gasteiger partial charge in [0.2, 0.25) is 5.91 Å². The molecule has 0 aliphatic carbocycles. The van der Waals surface area contributed by atoms with Crippen LogP contribution in [0.1, 0.15) is 17.9 Å². The molecule has 1 aromatic carbocycles. The Morgan fingerprint density at radius 1 is 1.31 bits per heavy atom. The molecule has 2 saturated heterocycles. The Bertz CT molecular complexity index is 632. The van der Waals surface area contributed by atoms with Gasteiger partial charge in [-0.2, -0.15) is 13.2 Å². The van der Waals surface area contributed by atoms with Crippen molar-refractivity contribution in [2.75, 3.05) is 40.0 Å². The van der Waals surface area contributed by atoms with Crippen molar-refractivity contribution in [1.82, 2.24) is 9.80 Å². The Balaban J connectivity index is 1.81. The minimum atomic E-state index is -4.26. The van der Waals surface area contributed by atoms with Gasteiger partial charge in [0, 0.05) is 38.7 Å². The molecule has 0 radical (unpaired) electrons. The normalized spacial score (nSPS) is 25.0. The number of carbonyl (C=O) groups is 1. The van der Waals surface area contributed by atoms with Crippen LogP contribution in [-0.2, 0) is 9.53 Å². The molecule has 2 aliphatic heterocycles. The number of methoxy groups -OCH3 is 1. The first-order chi connectivity index (χ1) is 12.3. The van der Waals surface area contributed by atoms with E-state index in [1.165, 1.54) is 7.11 Å². The fourth-order valence-electron chi connectivity index (χ4n) is 4.38. The molecule has 1 amide bonds. The zero-order chi connectivity index (χ0) is 18.9. The highest BCUT2D eigenvalue weighted by molar-refractivity contribution is 5.79. The first-order valence-electron chi connectivity index (χ1n) is 8.58. The minimum absolute atomic E-state index is 0.0436. The fraction of sp³-hybridized carbons (Fsp3) is 0.611. The standard InChI is InChI=1S/C18H23F3N2O3/c1-26-10-15(25)22-11-17(12-22)16(13-5-3-2-4-6-13)14(9-24)23(17)8-7-18(19,20)21/h2-6,14,16,24H,7-12H2,1H3/t14-,16+/m0/s1. The van der Waals surface area contributed by atoms with E-state index in [1.54, 1.807) is 9.80 Å². The molecule has 26 heavy (non-hydrogen) atoms. The Kier molecular flexibility index (Phi) is 5.28. The first-order valence-corrected chi connectivity index (χ1v) is 8.58. The summed E-state index contributed by atoms with van der Waals surface area (Å²) in [6.45, 7) is 0.264. The van der Waals surface area contributed by atoms with E-state index in [2.05, 4.69) is 0 Å². The Labute approximate surface area is 150 Å². The number of benzene rings is 1. The molecule has 0 unspecified atom stereocenters. The van der Waals surface area contributed by atoms with Crippen LogP contribution in [0.4, 0.5) is 13.2 Å². The minimum Gasteiger partial charge on any atom is -0.395 e. The van der Waals surface area contributed by atoms with E-state index >= 15 is 0 Å². The number of likely N-dealkylation sites (tertiary alicyclic amines) is 2. The first kappa shape index (κ1) is 19.1. The maximum absolute atomic E-state index is 12.7. The number of rotatable bonds is 6. The number of alkyl halides is 3. The predicted molar refractivity (Wildman–Crippen MR) is 88.6 cm³/mol. The van der Waals surface area contributed by atoms with Crippen molar-refractivity contribution < 1.29 is 27.8 Å². The zero-order valence-corrected chi connectivity index (χ0v) is 14.6. The Hall–Kier alpha value is -1.64. The van der Waals surface area contributed by atoms with E-state index in [4.69, 9.17) is 4.74 Å². The molecule has 0 bridgehead atoms. The molecule has 1 aromatic rings. The molecule has 2 aliphatic rings. The highest BCUT2D eigenvalue weighted by atomic mass is 19.4. The predicted octanol–water partition coefficient (Wildman–Crippen LogP) is 1.63. The second-order valence-corrected chi connectivity index (χ2v) is 6.98. The summed E-state index contributed by atoms with van der Waals surface area (Å²) in [4.78, 5) is 15.4. The van der Waals surface area contributed by atoms with E-state index < -0.39 is 18.1 Å². The van der Waals surface area contributed by atoms with Crippen LogP contribution in [0.15, 0.2) is 30.3 Å². The number of aliphatic hydroxyl groups is 1. The summed E-state index contributed by atoms with van der Waals surface area (Å²) in [5.74, 6) is -0.276. The van der Waals surface area contributed by atoms with Crippen LogP contribution in [0.3, 0.4) is 0 Å². The lowest BCUT2D eigenvalue weighted by molar-refractivity contribution is -0.210. The molecule has 0 saturated carbocycles. The van der Waals surface area contributed by atoms with Crippen molar-refractivity contribution in [3.63, 3.8) is 0 Å². The molecular formula is C18H23F3N2O3. The molecule has 2 fully saturated rings. The molecule has 1 N–H and O–H groups in total. The van der Waals surface area contributed by atoms with Gasteiger partial charge in [0.25, 0.3) is 0 Å². The van der Waals surface area contributed by atoms with Gasteiger partial charge in [-0.05, 0) is 5.56 Å². The molecule has 5 nitrogen and oxygen atoms in total. The fourth-order valence-corrected chi connectivity index (χ4v) is 4.38. The lowest BCUT2D eigenvalue weighted by Crippen LogP contribution is -2.85. The Morgan fingerprint density at radius 2 is 1.96 bits per heavy atom. The van der Waals surface area contributed by atoms with Crippen molar-refractivity contribution in [3.8, 4) is 0 Å². The number of halogens is 3. The van der Waals surface area contributed by atoms with E-state index in [0.717, 1.165) is 5.56 Å². The van der Waals surface area contributed by atoms with Gasteiger partial charge in [-0.3, -0.25) is 9.69 Å². The topological polar surface area (TPSA) is 53.0 Å². The van der Waals surface area contributed by atoms with E-state index in [1.807, 2.05) is 30.3 Å². The van der Waals surface area contributed by atoms with Crippen molar-refractivity contribution >= 4 is 5.91 Å². The average molecular weight is 372 g/mol. The van der Waals surface area contributed by atoms with E-state index in [-0.39, 0.29) is 37.6 Å². The van der Waals surface area contributed by atoms with Crippen molar-refractivity contribution in [1.29, 1.82) is 0 Å². The lowest BCUT2D eigenvalue weighted by atomic mass is 9.60. The highest BCUT2D eigenvalue weighted by Gasteiger charge is 2.66. The van der Waals surface area contributed by atoms with Crippen LogP contribution in [0.25, 0.3) is 0 Å². The molecule has 2 atom stereocenters. The average Bonchev–Trinajstić information content (AvgIpc) is 2.53. The third kappa shape index (κ3) is 3.33. The van der Waals surface area contributed by atoms with Gasteiger partial charge in [-0.25, -0.2) is 0 Å². The molecule has 2 heterocycles. The van der Waals surface area contributed by atoms with Crippen molar-refractivity contribution in [3.05, 3.63) is 35.9 Å². The zero-order valence-electron chi connectivity index (χ0n) is 14.6. The molecule has 8 heteroatoms. The molecule has 3 rings (SSSR count). The van der Waals surface area contributed by atoms with Crippen LogP contribution in [0.5, 0.6) is 0 Å². The van der Waals surface area contributed by atoms with Gasteiger partial charge >= 0.3 is 6.18 Å². The van der Waals surface area contributed by atoms with Gasteiger partial charge < -0.3 is 14.7 Å². The third-order valence-electron chi connectivity index (χ3n) is 5.47. The van der Waals surface area contributed by atoms with Gasteiger partial charge in [0.15, 0.2) is 0 Å². The smallest absolute Gasteiger partial charge is 0.390 e. The maximum Gasteiger partial charge on any atom is 0.390 e. The molecule has 144 valence electrons. The summed E-state index contributed by atoms with van der Waals surface area (Å²) in [6, 6.07) is 9.11. The summed E-state index contributed by atoms with van der Waals surface area (Å²) in [5, 5.41) is 9.81. The second-order valence-electron chi connectivity index (χ2n) is 6.98. The van der Waals surface area contributed by atoms with E-state index in [0.29, 0.717) is 13.1 Å². The molecule has 1 spiro atoms. The van der Waals surface area contributed by atoms with Crippen LogP contribution < -0.4 is 0 Å². The maximum atomic E-state index is 12.7. The van der Waals surface area contributed by atoms with E-state index in [9.17, 15) is 23.1 Å². The monoisotopic (exact) mass is 372 g/mol. The van der Waals surface area contributed by atoms with Crippen LogP contribution in [0, 0.1) is 0 Å². The number of hydrogen-bond acceptors (Lipinski definition) is 4. The van der Waals surface area contributed by atoms with Gasteiger partial charge in [0.05, 0.1) is 18.6 Å². The number of hydrogen-bond donors (Lipinski definition) is 1. The number of ether oxygens (including phenoxy) is 1. The summed E-state index contributed by atoms with van der Waals surface area (Å²) in [5.41, 5.74) is 0.428. The highest BCUT2D eigenvalue weighted by Crippen LogP contribution is 2.54. The van der Waals surface area contributed by atoms with Crippen LogP contribution in [0.2, 0.25) is 0 Å².